The molecule has 5 heteroatoms. The van der Waals surface area contributed by atoms with Crippen LogP contribution in [0.25, 0.3) is 0 Å². The lowest BCUT2D eigenvalue weighted by atomic mass is 9.81. The van der Waals surface area contributed by atoms with Crippen molar-refractivity contribution in [3.63, 3.8) is 0 Å². The maximum atomic E-state index is 11.6. The predicted octanol–water partition coefficient (Wildman–Crippen LogP) is 1.10. The quantitative estimate of drug-likeness (QED) is 0.740. The van der Waals surface area contributed by atoms with Gasteiger partial charge < -0.3 is 5.32 Å². The molecule has 0 aliphatic carbocycles. The monoisotopic (exact) mass is 248 g/mol. The van der Waals surface area contributed by atoms with Crippen molar-refractivity contribution >= 4 is 10.0 Å². The van der Waals surface area contributed by atoms with Gasteiger partial charge in [0.1, 0.15) is 0 Å². The topological polar surface area (TPSA) is 58.2 Å². The first-order valence-electron chi connectivity index (χ1n) is 6.15. The van der Waals surface area contributed by atoms with Crippen LogP contribution in [0.15, 0.2) is 0 Å². The number of nitrogens with one attached hydrogen (secondary N) is 2. The molecule has 1 rings (SSSR count). The molecule has 4 nitrogen and oxygen atoms in total. The average molecular weight is 248 g/mol. The van der Waals surface area contributed by atoms with E-state index in [9.17, 15) is 8.42 Å². The van der Waals surface area contributed by atoms with Gasteiger partial charge in [-0.05, 0) is 37.8 Å². The van der Waals surface area contributed by atoms with Gasteiger partial charge >= 0.3 is 0 Å². The van der Waals surface area contributed by atoms with Gasteiger partial charge in [-0.2, -0.15) is 0 Å². The van der Waals surface area contributed by atoms with Gasteiger partial charge in [0.05, 0.1) is 5.75 Å². The molecule has 2 N–H and O–H groups in total. The summed E-state index contributed by atoms with van der Waals surface area (Å²) in [5.41, 5.74) is 0.129. The Morgan fingerprint density at radius 1 is 1.31 bits per heavy atom. The number of unbranched alkanes of at least 4 members (excludes halogenated alkanes) is 1. The van der Waals surface area contributed by atoms with Crippen LogP contribution in [0.3, 0.4) is 0 Å². The molecule has 1 aliphatic rings. The number of piperidine rings is 1. The van der Waals surface area contributed by atoms with Crippen molar-refractivity contribution in [1.29, 1.82) is 0 Å². The molecule has 1 aliphatic heterocycles. The fourth-order valence-corrected chi connectivity index (χ4v) is 3.28. The van der Waals surface area contributed by atoms with E-state index in [0.29, 0.717) is 6.54 Å². The summed E-state index contributed by atoms with van der Waals surface area (Å²) in [4.78, 5) is 0. The van der Waals surface area contributed by atoms with Crippen molar-refractivity contribution in [3.05, 3.63) is 0 Å². The Hall–Kier alpha value is -0.130. The summed E-state index contributed by atoms with van der Waals surface area (Å²) < 4.78 is 26.0. The highest BCUT2D eigenvalue weighted by molar-refractivity contribution is 7.89. The second-order valence-electron chi connectivity index (χ2n) is 5.05. The Kier molecular flexibility index (Phi) is 5.21. The molecule has 0 bridgehead atoms. The smallest absolute Gasteiger partial charge is 0.211 e. The SMILES string of the molecule is CCCCS(=O)(=O)NCC1(C)CCNCC1. The predicted molar refractivity (Wildman–Crippen MR) is 66.9 cm³/mol. The summed E-state index contributed by atoms with van der Waals surface area (Å²) in [5.74, 6) is 0.262. The third-order valence-electron chi connectivity index (χ3n) is 3.30. The molecular formula is C11H24N2O2S. The molecule has 0 amide bonds. The molecule has 0 aromatic carbocycles. The zero-order valence-corrected chi connectivity index (χ0v) is 11.2. The maximum absolute atomic E-state index is 11.6. The first-order chi connectivity index (χ1) is 7.47. The Balaban J connectivity index is 2.37. The van der Waals surface area contributed by atoms with Crippen LogP contribution in [0, 0.1) is 5.41 Å². The van der Waals surface area contributed by atoms with E-state index in [1.165, 1.54) is 0 Å². The first kappa shape index (κ1) is 13.9. The Morgan fingerprint density at radius 2 is 1.94 bits per heavy atom. The van der Waals surface area contributed by atoms with Crippen molar-refractivity contribution in [3.8, 4) is 0 Å². The van der Waals surface area contributed by atoms with Gasteiger partial charge in [0.15, 0.2) is 0 Å². The summed E-state index contributed by atoms with van der Waals surface area (Å²) in [7, 11) is -3.05. The molecule has 0 saturated carbocycles. The van der Waals surface area contributed by atoms with E-state index >= 15 is 0 Å². The van der Waals surface area contributed by atoms with E-state index in [0.717, 1.165) is 38.8 Å². The Labute approximate surface area is 99.2 Å². The molecule has 1 saturated heterocycles. The van der Waals surface area contributed by atoms with Crippen molar-refractivity contribution in [1.82, 2.24) is 10.0 Å². The van der Waals surface area contributed by atoms with Crippen LogP contribution in [-0.4, -0.2) is 33.8 Å². The Bertz CT molecular complexity index is 295. The van der Waals surface area contributed by atoms with Crippen LogP contribution < -0.4 is 10.0 Å². The van der Waals surface area contributed by atoms with Crippen LogP contribution in [0.1, 0.15) is 39.5 Å². The molecule has 16 heavy (non-hydrogen) atoms. The lowest BCUT2D eigenvalue weighted by molar-refractivity contribution is 0.232. The second-order valence-corrected chi connectivity index (χ2v) is 6.98. The van der Waals surface area contributed by atoms with E-state index in [-0.39, 0.29) is 11.2 Å². The molecular weight excluding hydrogens is 224 g/mol. The number of hydrogen-bond donors (Lipinski definition) is 2. The number of hydrogen-bond acceptors (Lipinski definition) is 3. The molecule has 0 aromatic heterocycles. The van der Waals surface area contributed by atoms with Crippen molar-refractivity contribution in [2.45, 2.75) is 39.5 Å². The summed E-state index contributed by atoms with van der Waals surface area (Å²) >= 11 is 0. The minimum atomic E-state index is -3.05. The van der Waals surface area contributed by atoms with E-state index in [2.05, 4.69) is 17.0 Å². The van der Waals surface area contributed by atoms with Gasteiger partial charge in [-0.1, -0.05) is 20.3 Å². The minimum absolute atomic E-state index is 0.129. The van der Waals surface area contributed by atoms with Crippen LogP contribution in [0.2, 0.25) is 0 Å². The zero-order valence-electron chi connectivity index (χ0n) is 10.4. The third-order valence-corrected chi connectivity index (χ3v) is 4.71. The molecule has 0 unspecified atom stereocenters. The van der Waals surface area contributed by atoms with Gasteiger partial charge in [-0.3, -0.25) is 0 Å². The van der Waals surface area contributed by atoms with E-state index < -0.39 is 10.0 Å². The standard InChI is InChI=1S/C11H24N2O2S/c1-3-4-9-16(14,15)13-10-11(2)5-7-12-8-6-11/h12-13H,3-10H2,1-2H3. The largest absolute Gasteiger partial charge is 0.317 e. The highest BCUT2D eigenvalue weighted by Crippen LogP contribution is 2.26. The molecule has 0 spiro atoms. The number of sulfonamides is 1. The van der Waals surface area contributed by atoms with Crippen LogP contribution in [-0.2, 0) is 10.0 Å². The summed E-state index contributed by atoms with van der Waals surface area (Å²) in [5, 5.41) is 3.29. The van der Waals surface area contributed by atoms with Crippen molar-refractivity contribution < 1.29 is 8.42 Å². The van der Waals surface area contributed by atoms with Crippen molar-refractivity contribution in [2.24, 2.45) is 5.41 Å². The summed E-state index contributed by atoms with van der Waals surface area (Å²) in [6, 6.07) is 0. The van der Waals surface area contributed by atoms with E-state index in [1.54, 1.807) is 0 Å². The van der Waals surface area contributed by atoms with E-state index in [4.69, 9.17) is 0 Å². The second kappa shape index (κ2) is 5.98. The van der Waals surface area contributed by atoms with Gasteiger partial charge in [0.25, 0.3) is 0 Å². The van der Waals surface area contributed by atoms with Gasteiger partial charge in [0.2, 0.25) is 10.0 Å². The van der Waals surface area contributed by atoms with Crippen LogP contribution in [0.4, 0.5) is 0 Å². The summed E-state index contributed by atoms with van der Waals surface area (Å²) in [6.45, 7) is 6.74. The average Bonchev–Trinajstić information content (AvgIpc) is 2.25. The molecule has 0 atom stereocenters. The van der Waals surface area contributed by atoms with Crippen LogP contribution >= 0.6 is 0 Å². The lowest BCUT2D eigenvalue weighted by Crippen LogP contribution is -2.43. The highest BCUT2D eigenvalue weighted by atomic mass is 32.2. The third kappa shape index (κ3) is 4.80. The van der Waals surface area contributed by atoms with Crippen LogP contribution in [0.5, 0.6) is 0 Å². The minimum Gasteiger partial charge on any atom is -0.317 e. The zero-order chi connectivity index (χ0) is 12.1. The van der Waals surface area contributed by atoms with Gasteiger partial charge in [-0.15, -0.1) is 0 Å². The van der Waals surface area contributed by atoms with Gasteiger partial charge in [0, 0.05) is 6.54 Å². The normalized spacial score (nSPS) is 20.9. The number of rotatable bonds is 6. The molecule has 0 radical (unpaired) electrons. The Morgan fingerprint density at radius 3 is 2.50 bits per heavy atom. The highest BCUT2D eigenvalue weighted by Gasteiger charge is 2.27. The fourth-order valence-electron chi connectivity index (χ4n) is 1.90. The maximum Gasteiger partial charge on any atom is 0.211 e. The summed E-state index contributed by atoms with van der Waals surface area (Å²) in [6.07, 6.45) is 3.75. The molecule has 96 valence electrons. The first-order valence-corrected chi connectivity index (χ1v) is 7.81. The lowest BCUT2D eigenvalue weighted by Gasteiger charge is -2.34. The molecule has 1 heterocycles. The van der Waals surface area contributed by atoms with Crippen molar-refractivity contribution in [2.75, 3.05) is 25.4 Å². The fraction of sp³-hybridized carbons (Fsp3) is 1.00. The van der Waals surface area contributed by atoms with Gasteiger partial charge in [-0.25, -0.2) is 13.1 Å². The molecule has 0 aromatic rings. The molecule has 1 fully saturated rings. The van der Waals surface area contributed by atoms with E-state index in [1.807, 2.05) is 6.92 Å².